The first-order chi connectivity index (χ1) is 43.6. The summed E-state index contributed by atoms with van der Waals surface area (Å²) in [6, 6.07) is -0.0648. The molecule has 1 saturated carbocycles. The fourth-order valence-electron chi connectivity index (χ4n) is 13.2. The van der Waals surface area contributed by atoms with E-state index in [0.29, 0.717) is 30.6 Å². The Morgan fingerprint density at radius 1 is 0.725 bits per heavy atom. The molecule has 4 saturated heterocycles. The van der Waals surface area contributed by atoms with Gasteiger partial charge in [0, 0.05) is 76.0 Å². The maximum absolute atomic E-state index is 15.4. The standard InChI is InChI=1S/C59H88N20O11S/c60-37(14-5-19-67-57(61)62)48(82)74-39(16-7-21-69-59(65)66)53(87)76-22-8-18-43(76)55(89)78-31-35(80)26-44(78)51(85)71-29-47(81)72-40(27-36-13-9-23-91-36)50(84)75-41-28-70-49(83)38(15-6-20-68-58(63)64)73-52(86)45-25-33-11-3-4-17-42(33)79(45)56(90)46-24-32-10-1-2-12-34(32)30-77(46)54(41)88/h1-2,9-10,12-13,23,33,35,37-46,80H,3-8,11,14-22,24-31,60H2,(H,70,83)(H,71,85)(H,72,81)(H,73,86)(H,74,82)(H,75,84)(H4,61,62,67)(H4,63,64,68)(H4,65,66,69)/t33?,35-,37-,38+,39+,40+,41+,42?,43+,44+,45+,46-/m1/s1. The highest BCUT2D eigenvalue weighted by Gasteiger charge is 2.52. The Morgan fingerprint density at radius 3 is 2.12 bits per heavy atom. The van der Waals surface area contributed by atoms with Gasteiger partial charge in [0.25, 0.3) is 0 Å². The van der Waals surface area contributed by atoms with E-state index in [4.69, 9.17) is 40.1 Å². The van der Waals surface area contributed by atoms with E-state index in [9.17, 15) is 43.5 Å². The Bertz CT molecular complexity index is 3060. The SMILES string of the molecule is NC(N)=NCCC[C@@H](N)C(=O)N[C@@H](CCCN=C(N)N)C(=O)N1CCC[C@H]1C(=O)N1C[C@H](O)C[C@H]1C(=O)NCC(=O)N[C@@H](Cc1cccs1)C(=O)N[C@H]1CNC(=O)[C@H](CCCN=C(N)N)NC(=O)[C@@H]2CC3CCCCC3N2C(=O)[C@H]2Cc3ccccc3CN2C1=O. The van der Waals surface area contributed by atoms with E-state index in [1.807, 2.05) is 24.3 Å². The molecule has 0 bridgehead atoms. The summed E-state index contributed by atoms with van der Waals surface area (Å²) in [4.78, 5) is 163. The molecule has 21 N–H and O–H groups in total. The van der Waals surface area contributed by atoms with E-state index in [2.05, 4.69) is 46.9 Å². The molecule has 6 heterocycles. The van der Waals surface area contributed by atoms with Gasteiger partial charge in [0.15, 0.2) is 17.9 Å². The van der Waals surface area contributed by atoms with Gasteiger partial charge < -0.3 is 96.7 Å². The summed E-state index contributed by atoms with van der Waals surface area (Å²) in [6.45, 7) is -0.882. The lowest BCUT2D eigenvalue weighted by Crippen LogP contribution is -2.63. The maximum atomic E-state index is 15.4. The summed E-state index contributed by atoms with van der Waals surface area (Å²) in [6.07, 6.45) is 4.12. The number of nitrogens with zero attached hydrogens (tertiary/aromatic N) is 7. The van der Waals surface area contributed by atoms with Gasteiger partial charge in [-0.3, -0.25) is 62.9 Å². The van der Waals surface area contributed by atoms with Crippen LogP contribution in [0.3, 0.4) is 0 Å². The molecule has 2 aromatic rings. The number of aliphatic imine (C=N–C) groups is 3. The van der Waals surface area contributed by atoms with Crippen molar-refractivity contribution in [1.82, 2.24) is 51.5 Å². The van der Waals surface area contributed by atoms with Crippen molar-refractivity contribution in [2.45, 2.75) is 176 Å². The van der Waals surface area contributed by atoms with Crippen LogP contribution < -0.4 is 72.0 Å². The number of nitrogens with one attached hydrogen (secondary N) is 6. The second-order valence-electron chi connectivity index (χ2n) is 24.2. The fourth-order valence-corrected chi connectivity index (χ4v) is 14.0. The topological polar surface area (TPSA) is 495 Å². The van der Waals surface area contributed by atoms with Crippen molar-refractivity contribution >= 4 is 88.3 Å². The van der Waals surface area contributed by atoms with Gasteiger partial charge in [0.1, 0.15) is 48.3 Å². The molecule has 5 fully saturated rings. The maximum Gasteiger partial charge on any atom is 0.247 e. The fraction of sp³-hybridized carbons (Fsp3) is 0.610. The lowest BCUT2D eigenvalue weighted by atomic mass is 9.84. The molecule has 0 radical (unpaired) electrons. The zero-order valence-corrected chi connectivity index (χ0v) is 51.9. The van der Waals surface area contributed by atoms with Crippen molar-refractivity contribution in [3.05, 3.63) is 57.8 Å². The number of β-amino-alcohol motifs (C(OH)–C–C–N with tert-alkyl or cyclic N) is 1. The van der Waals surface area contributed by atoms with Crippen molar-refractivity contribution < 1.29 is 53.1 Å². The minimum atomic E-state index is -1.53. The van der Waals surface area contributed by atoms with Crippen LogP contribution in [-0.4, -0.2) is 214 Å². The van der Waals surface area contributed by atoms with Crippen LogP contribution in [0.4, 0.5) is 0 Å². The van der Waals surface area contributed by atoms with Gasteiger partial charge >= 0.3 is 0 Å². The van der Waals surface area contributed by atoms with E-state index < -0.39 is 133 Å². The van der Waals surface area contributed by atoms with Gasteiger partial charge in [-0.2, -0.15) is 0 Å². The van der Waals surface area contributed by atoms with Crippen LogP contribution >= 0.6 is 11.3 Å². The van der Waals surface area contributed by atoms with E-state index >= 15 is 9.59 Å². The predicted molar refractivity (Wildman–Crippen MR) is 336 cm³/mol. The molecule has 0 spiro atoms. The molecule has 8 rings (SSSR count). The largest absolute Gasteiger partial charge is 0.391 e. The zero-order chi connectivity index (χ0) is 65.5. The van der Waals surface area contributed by atoms with Crippen molar-refractivity contribution in [3.8, 4) is 0 Å². The molecular formula is C59H88N20O11S. The van der Waals surface area contributed by atoms with Crippen LogP contribution in [0.2, 0.25) is 0 Å². The van der Waals surface area contributed by atoms with E-state index in [0.717, 1.165) is 30.4 Å². The highest BCUT2D eigenvalue weighted by Crippen LogP contribution is 2.41. The van der Waals surface area contributed by atoms with Crippen LogP contribution in [0, 0.1) is 5.92 Å². The number of benzene rings is 1. The molecular weight excluding hydrogens is 1200 g/mol. The number of hydrogen-bond acceptors (Lipinski definition) is 16. The molecule has 2 unspecified atom stereocenters. The molecule has 1 aromatic heterocycles. The van der Waals surface area contributed by atoms with Crippen LogP contribution in [0.25, 0.3) is 0 Å². The number of aliphatic hydroxyl groups excluding tert-OH is 1. The summed E-state index contributed by atoms with van der Waals surface area (Å²) < 4.78 is 0. The Balaban J connectivity index is 0.978. The minimum Gasteiger partial charge on any atom is -0.391 e. The third kappa shape index (κ3) is 17.9. The molecule has 12 atom stereocenters. The average Bonchev–Trinajstić information content (AvgIpc) is 1.75. The number of thiophene rings is 1. The normalized spacial score (nSPS) is 25.0. The number of carbonyl (C=O) groups is 10. The second-order valence-corrected chi connectivity index (χ2v) is 25.2. The molecule has 10 amide bonds. The monoisotopic (exact) mass is 1280 g/mol. The highest BCUT2D eigenvalue weighted by molar-refractivity contribution is 7.09. The Morgan fingerprint density at radius 2 is 1.42 bits per heavy atom. The number of rotatable bonds is 24. The number of aliphatic hydroxyl groups is 1. The molecule has 5 aliphatic heterocycles. The van der Waals surface area contributed by atoms with Crippen LogP contribution in [0.5, 0.6) is 0 Å². The van der Waals surface area contributed by atoms with E-state index in [1.165, 1.54) is 26.0 Å². The van der Waals surface area contributed by atoms with E-state index in [1.54, 1.807) is 22.4 Å². The third-order valence-corrected chi connectivity index (χ3v) is 18.6. The quantitative estimate of drug-likeness (QED) is 0.0266. The van der Waals surface area contributed by atoms with Crippen LogP contribution in [0.15, 0.2) is 56.8 Å². The Kier molecular flexibility index (Phi) is 23.9. The molecule has 32 heteroatoms. The number of amides is 10. The molecule has 1 aromatic carbocycles. The Labute approximate surface area is 531 Å². The predicted octanol–water partition coefficient (Wildman–Crippen LogP) is -4.97. The molecule has 1 aliphatic carbocycles. The van der Waals surface area contributed by atoms with Crippen LogP contribution in [-0.2, 0) is 67.3 Å². The summed E-state index contributed by atoms with van der Waals surface area (Å²) in [5.74, 6) is -7.04. The number of guanidine groups is 3. The number of carbonyl (C=O) groups excluding carboxylic acids is 10. The van der Waals surface area contributed by atoms with Gasteiger partial charge in [0.2, 0.25) is 59.1 Å². The lowest BCUT2D eigenvalue weighted by molar-refractivity contribution is -0.152. The van der Waals surface area contributed by atoms with Gasteiger partial charge in [-0.25, -0.2) is 0 Å². The van der Waals surface area contributed by atoms with E-state index in [-0.39, 0.29) is 127 Å². The van der Waals surface area contributed by atoms with Gasteiger partial charge in [-0.05, 0) is 99.1 Å². The zero-order valence-electron chi connectivity index (χ0n) is 51.1. The van der Waals surface area contributed by atoms with Gasteiger partial charge in [-0.15, -0.1) is 11.3 Å². The number of nitrogens with two attached hydrogens (primary N) is 7. The number of hydrogen-bond donors (Lipinski definition) is 14. The second kappa shape index (κ2) is 31.9. The average molecular weight is 1290 g/mol. The smallest absolute Gasteiger partial charge is 0.247 e. The number of fused-ring (bicyclic) bond motifs is 5. The van der Waals surface area contributed by atoms with Crippen molar-refractivity contribution in [2.75, 3.05) is 45.8 Å². The first-order valence-electron chi connectivity index (χ1n) is 31.3. The summed E-state index contributed by atoms with van der Waals surface area (Å²) >= 11 is 1.29. The molecule has 91 heavy (non-hydrogen) atoms. The van der Waals surface area contributed by atoms with Gasteiger partial charge in [-0.1, -0.05) is 43.2 Å². The van der Waals surface area contributed by atoms with Gasteiger partial charge in [0.05, 0.1) is 18.7 Å². The van der Waals surface area contributed by atoms with Crippen molar-refractivity contribution in [1.29, 1.82) is 0 Å². The minimum absolute atomic E-state index is 0.0174. The summed E-state index contributed by atoms with van der Waals surface area (Å²) in [5.41, 5.74) is 40.8. The van der Waals surface area contributed by atoms with Crippen molar-refractivity contribution in [3.63, 3.8) is 0 Å². The van der Waals surface area contributed by atoms with Crippen LogP contribution in [0.1, 0.15) is 106 Å². The molecule has 31 nitrogen and oxygen atoms in total. The third-order valence-electron chi connectivity index (χ3n) is 17.7. The first-order valence-corrected chi connectivity index (χ1v) is 32.1. The van der Waals surface area contributed by atoms with Crippen molar-refractivity contribution in [2.24, 2.45) is 61.0 Å². The lowest BCUT2D eigenvalue weighted by Gasteiger charge is -2.42. The molecule has 496 valence electrons. The first kappa shape index (κ1) is 68.3. The highest BCUT2D eigenvalue weighted by atomic mass is 32.1. The Hall–Kier alpha value is -8.65. The summed E-state index contributed by atoms with van der Waals surface area (Å²) in [5, 5.41) is 29.2. The number of likely N-dealkylation sites (tertiary alicyclic amines) is 2. The summed E-state index contributed by atoms with van der Waals surface area (Å²) in [7, 11) is 0. The molecule has 6 aliphatic rings.